The molecule has 0 aromatic carbocycles. The van der Waals surface area contributed by atoms with Gasteiger partial charge in [-0.2, -0.15) is 12.6 Å². The Hall–Kier alpha value is 0.350. The Morgan fingerprint density at radius 2 is 2.25 bits per heavy atom. The van der Waals surface area contributed by atoms with Gasteiger partial charge in [-0.3, -0.25) is 0 Å². The van der Waals surface area contributed by atoms with Crippen molar-refractivity contribution < 1.29 is 0 Å². The van der Waals surface area contributed by atoms with Crippen LogP contribution in [0.4, 0.5) is 0 Å². The molecule has 2 atom stereocenters. The van der Waals surface area contributed by atoms with E-state index in [0.717, 1.165) is 17.6 Å². The van der Waals surface area contributed by atoms with Crippen LogP contribution >= 0.6 is 12.6 Å². The van der Waals surface area contributed by atoms with Crippen LogP contribution in [0.5, 0.6) is 0 Å². The van der Waals surface area contributed by atoms with Gasteiger partial charge < -0.3 is 0 Å². The Balaban J connectivity index is 2.30. The van der Waals surface area contributed by atoms with Gasteiger partial charge in [0.1, 0.15) is 0 Å². The van der Waals surface area contributed by atoms with Gasteiger partial charge in [-0.1, -0.05) is 19.8 Å². The maximum Gasteiger partial charge on any atom is -0.00670 e. The average molecular weight is 130 g/mol. The minimum Gasteiger partial charge on any atom is -0.179 e. The molecule has 48 valence electrons. The van der Waals surface area contributed by atoms with E-state index in [1.54, 1.807) is 0 Å². The van der Waals surface area contributed by atoms with E-state index in [9.17, 15) is 0 Å². The molecule has 0 bridgehead atoms. The molecule has 0 amide bonds. The molecule has 0 radical (unpaired) electrons. The fraction of sp³-hybridized carbons (Fsp3) is 1.00. The highest BCUT2D eigenvalue weighted by Crippen LogP contribution is 2.31. The fourth-order valence-electron chi connectivity index (χ4n) is 1.49. The minimum absolute atomic E-state index is 0.929. The third-order valence-electron chi connectivity index (χ3n) is 2.27. The van der Waals surface area contributed by atoms with Gasteiger partial charge in [0.15, 0.2) is 0 Å². The van der Waals surface area contributed by atoms with Crippen molar-refractivity contribution in [3.05, 3.63) is 0 Å². The van der Waals surface area contributed by atoms with E-state index in [2.05, 4.69) is 19.6 Å². The number of hydrogen-bond donors (Lipinski definition) is 1. The second-order valence-corrected chi connectivity index (χ2v) is 3.22. The molecule has 1 rings (SSSR count). The van der Waals surface area contributed by atoms with E-state index < -0.39 is 0 Å². The zero-order valence-corrected chi connectivity index (χ0v) is 6.32. The molecule has 0 saturated heterocycles. The van der Waals surface area contributed by atoms with Crippen LogP contribution in [-0.4, -0.2) is 5.75 Å². The van der Waals surface area contributed by atoms with Crippen molar-refractivity contribution >= 4 is 12.6 Å². The first-order valence-corrected chi connectivity index (χ1v) is 4.08. The average Bonchev–Trinajstić information content (AvgIpc) is 2.14. The highest BCUT2D eigenvalue weighted by Gasteiger charge is 2.20. The third-order valence-corrected chi connectivity index (χ3v) is 2.74. The Morgan fingerprint density at radius 1 is 1.50 bits per heavy atom. The predicted molar refractivity (Wildman–Crippen MR) is 40.4 cm³/mol. The molecule has 1 aliphatic rings. The van der Waals surface area contributed by atoms with Gasteiger partial charge in [-0.25, -0.2) is 0 Å². The van der Waals surface area contributed by atoms with Crippen LogP contribution < -0.4 is 0 Å². The number of thiol groups is 1. The molecule has 1 heteroatoms. The summed E-state index contributed by atoms with van der Waals surface area (Å²) < 4.78 is 0. The molecular weight excluding hydrogens is 116 g/mol. The zero-order chi connectivity index (χ0) is 5.98. The molecule has 0 aromatic rings. The predicted octanol–water partition coefficient (Wildman–Crippen LogP) is 2.35. The topological polar surface area (TPSA) is 0 Å². The van der Waals surface area contributed by atoms with E-state index in [0.29, 0.717) is 0 Å². The number of hydrogen-bond acceptors (Lipinski definition) is 1. The molecule has 0 aromatic heterocycles. The van der Waals surface area contributed by atoms with E-state index >= 15 is 0 Å². The standard InChI is InChI=1S/C7H14S/c1-6-3-2-4-7(6)5-8/h6-8H,2-5H2,1H3. The van der Waals surface area contributed by atoms with Crippen molar-refractivity contribution in [1.82, 2.24) is 0 Å². The summed E-state index contributed by atoms with van der Waals surface area (Å²) in [5.41, 5.74) is 0. The maximum atomic E-state index is 4.28. The Labute approximate surface area is 57.1 Å². The van der Waals surface area contributed by atoms with E-state index in [1.165, 1.54) is 19.3 Å². The van der Waals surface area contributed by atoms with Gasteiger partial charge in [0.2, 0.25) is 0 Å². The lowest BCUT2D eigenvalue weighted by molar-refractivity contribution is 0.465. The van der Waals surface area contributed by atoms with Gasteiger partial charge in [0, 0.05) is 0 Å². The lowest BCUT2D eigenvalue weighted by Gasteiger charge is -2.09. The van der Waals surface area contributed by atoms with Gasteiger partial charge in [0.25, 0.3) is 0 Å². The van der Waals surface area contributed by atoms with Crippen LogP contribution in [-0.2, 0) is 0 Å². The lowest BCUT2D eigenvalue weighted by Crippen LogP contribution is -2.04. The van der Waals surface area contributed by atoms with Crippen LogP contribution in [0.2, 0.25) is 0 Å². The van der Waals surface area contributed by atoms with Gasteiger partial charge in [-0.15, -0.1) is 0 Å². The molecule has 0 aliphatic heterocycles. The van der Waals surface area contributed by atoms with E-state index in [4.69, 9.17) is 0 Å². The Kier molecular flexibility index (Phi) is 2.24. The molecule has 0 N–H and O–H groups in total. The minimum atomic E-state index is 0.929. The number of rotatable bonds is 1. The van der Waals surface area contributed by atoms with E-state index in [1.807, 2.05) is 0 Å². The van der Waals surface area contributed by atoms with Crippen molar-refractivity contribution in [2.24, 2.45) is 11.8 Å². The van der Waals surface area contributed by atoms with E-state index in [-0.39, 0.29) is 0 Å². The Morgan fingerprint density at radius 3 is 2.50 bits per heavy atom. The molecule has 1 aliphatic carbocycles. The largest absolute Gasteiger partial charge is 0.179 e. The maximum absolute atomic E-state index is 4.28. The molecule has 0 nitrogen and oxygen atoms in total. The van der Waals surface area contributed by atoms with Crippen molar-refractivity contribution in [1.29, 1.82) is 0 Å². The van der Waals surface area contributed by atoms with Crippen molar-refractivity contribution in [2.45, 2.75) is 26.2 Å². The zero-order valence-electron chi connectivity index (χ0n) is 5.43. The van der Waals surface area contributed by atoms with Crippen molar-refractivity contribution in [3.8, 4) is 0 Å². The van der Waals surface area contributed by atoms with Crippen molar-refractivity contribution in [3.63, 3.8) is 0 Å². The molecule has 0 spiro atoms. The summed E-state index contributed by atoms with van der Waals surface area (Å²) in [4.78, 5) is 0. The molecule has 1 fully saturated rings. The molecule has 1 saturated carbocycles. The normalized spacial score (nSPS) is 38.2. The van der Waals surface area contributed by atoms with Crippen LogP contribution in [0.3, 0.4) is 0 Å². The molecular formula is C7H14S. The monoisotopic (exact) mass is 130 g/mol. The first-order valence-electron chi connectivity index (χ1n) is 3.45. The molecule has 8 heavy (non-hydrogen) atoms. The molecule has 2 unspecified atom stereocenters. The lowest BCUT2D eigenvalue weighted by atomic mass is 10.0. The quantitative estimate of drug-likeness (QED) is 0.517. The smallest absolute Gasteiger partial charge is 0.00670 e. The highest BCUT2D eigenvalue weighted by atomic mass is 32.1. The summed E-state index contributed by atoms with van der Waals surface area (Å²) in [7, 11) is 0. The van der Waals surface area contributed by atoms with Gasteiger partial charge >= 0.3 is 0 Å². The molecule has 0 heterocycles. The van der Waals surface area contributed by atoms with Crippen LogP contribution in [0.25, 0.3) is 0 Å². The summed E-state index contributed by atoms with van der Waals surface area (Å²) >= 11 is 4.28. The first kappa shape index (κ1) is 6.47. The summed E-state index contributed by atoms with van der Waals surface area (Å²) in [6, 6.07) is 0. The van der Waals surface area contributed by atoms with Crippen LogP contribution in [0.15, 0.2) is 0 Å². The summed E-state index contributed by atoms with van der Waals surface area (Å²) in [6.45, 7) is 2.34. The Bertz CT molecular complexity index is 70.8. The second-order valence-electron chi connectivity index (χ2n) is 2.85. The van der Waals surface area contributed by atoms with Crippen LogP contribution in [0.1, 0.15) is 26.2 Å². The highest BCUT2D eigenvalue weighted by molar-refractivity contribution is 7.80. The van der Waals surface area contributed by atoms with Gasteiger partial charge in [-0.05, 0) is 24.0 Å². The summed E-state index contributed by atoms with van der Waals surface area (Å²) in [6.07, 6.45) is 4.29. The van der Waals surface area contributed by atoms with Crippen LogP contribution in [0, 0.1) is 11.8 Å². The fourth-order valence-corrected chi connectivity index (χ4v) is 2.04. The second kappa shape index (κ2) is 2.77. The summed E-state index contributed by atoms with van der Waals surface area (Å²) in [5.74, 6) is 2.98. The SMILES string of the molecule is CC1CCCC1CS. The summed E-state index contributed by atoms with van der Waals surface area (Å²) in [5, 5.41) is 0. The van der Waals surface area contributed by atoms with Gasteiger partial charge in [0.05, 0.1) is 0 Å². The van der Waals surface area contributed by atoms with Crippen molar-refractivity contribution in [2.75, 3.05) is 5.75 Å². The third kappa shape index (κ3) is 1.19. The first-order chi connectivity index (χ1) is 3.84.